The number of rotatable bonds is 6. The summed E-state index contributed by atoms with van der Waals surface area (Å²) in [6, 6.07) is 5.81. The Bertz CT molecular complexity index is 801. The van der Waals surface area contributed by atoms with Gasteiger partial charge in [-0.2, -0.15) is 10.4 Å². The zero-order valence-electron chi connectivity index (χ0n) is 14.2. The molecule has 0 bridgehead atoms. The zero-order valence-corrected chi connectivity index (χ0v) is 15.0. The minimum absolute atomic E-state index is 0.615. The molecule has 3 heterocycles. The highest BCUT2D eigenvalue weighted by atomic mass is 32.1. The highest BCUT2D eigenvalue weighted by molar-refractivity contribution is 7.71. The fourth-order valence-electron chi connectivity index (χ4n) is 2.84. The molecule has 0 aromatic carbocycles. The smallest absolute Gasteiger partial charge is 0.198 e. The van der Waals surface area contributed by atoms with Crippen LogP contribution in [-0.4, -0.2) is 64.1 Å². The number of anilines is 1. The third-order valence-corrected chi connectivity index (χ3v) is 4.69. The van der Waals surface area contributed by atoms with Gasteiger partial charge in [-0.25, -0.2) is 9.67 Å². The topological polar surface area (TPSA) is 75.1 Å². The van der Waals surface area contributed by atoms with Gasteiger partial charge in [0.25, 0.3) is 0 Å². The van der Waals surface area contributed by atoms with E-state index < -0.39 is 0 Å². The third-order valence-electron chi connectivity index (χ3n) is 4.25. The molecule has 0 radical (unpaired) electrons. The summed E-state index contributed by atoms with van der Waals surface area (Å²) in [7, 11) is 1.67. The van der Waals surface area contributed by atoms with E-state index in [9.17, 15) is 5.26 Å². The molecule has 1 aliphatic heterocycles. The quantitative estimate of drug-likeness (QED) is 0.715. The summed E-state index contributed by atoms with van der Waals surface area (Å²) in [6.07, 6.45) is 3.49. The fourth-order valence-corrected chi connectivity index (χ4v) is 3.08. The average molecular weight is 359 g/mol. The first-order valence-electron chi connectivity index (χ1n) is 8.16. The van der Waals surface area contributed by atoms with Gasteiger partial charge in [0, 0.05) is 46.0 Å². The van der Waals surface area contributed by atoms with E-state index in [1.165, 1.54) is 0 Å². The maximum absolute atomic E-state index is 9.23. The zero-order chi connectivity index (χ0) is 17.6. The van der Waals surface area contributed by atoms with E-state index in [4.69, 9.17) is 17.0 Å². The van der Waals surface area contributed by atoms with Crippen molar-refractivity contribution in [3.05, 3.63) is 35.0 Å². The molecule has 8 nitrogen and oxygen atoms in total. The van der Waals surface area contributed by atoms with Gasteiger partial charge in [-0.1, -0.05) is 0 Å². The fraction of sp³-hybridized carbons (Fsp3) is 0.500. The summed E-state index contributed by atoms with van der Waals surface area (Å²) in [4.78, 5) is 8.82. The van der Waals surface area contributed by atoms with Crippen molar-refractivity contribution >= 4 is 18.0 Å². The van der Waals surface area contributed by atoms with E-state index in [2.05, 4.69) is 26.0 Å². The first kappa shape index (κ1) is 17.5. The Balaban J connectivity index is 1.59. The van der Waals surface area contributed by atoms with Crippen molar-refractivity contribution in [2.45, 2.75) is 13.2 Å². The van der Waals surface area contributed by atoms with Gasteiger partial charge in [-0.05, 0) is 24.4 Å². The summed E-state index contributed by atoms with van der Waals surface area (Å²) in [5.41, 5.74) is 0.620. The van der Waals surface area contributed by atoms with Gasteiger partial charge < -0.3 is 14.2 Å². The molecule has 1 aliphatic rings. The van der Waals surface area contributed by atoms with Gasteiger partial charge in [0.05, 0.1) is 18.8 Å². The monoisotopic (exact) mass is 359 g/mol. The number of ether oxygens (including phenoxy) is 1. The van der Waals surface area contributed by atoms with Crippen molar-refractivity contribution in [2.75, 3.05) is 44.8 Å². The van der Waals surface area contributed by atoms with Crippen LogP contribution in [0.1, 0.15) is 5.56 Å². The Hall–Kier alpha value is -2.28. The lowest BCUT2D eigenvalue weighted by Crippen LogP contribution is -2.47. The molecule has 2 aromatic rings. The predicted molar refractivity (Wildman–Crippen MR) is 95.7 cm³/mol. The van der Waals surface area contributed by atoms with Crippen molar-refractivity contribution < 1.29 is 4.74 Å². The van der Waals surface area contributed by atoms with Gasteiger partial charge in [-0.3, -0.25) is 4.90 Å². The normalized spacial score (nSPS) is 15.3. The molecule has 0 saturated carbocycles. The van der Waals surface area contributed by atoms with Gasteiger partial charge in [0.2, 0.25) is 0 Å². The molecule has 0 spiro atoms. The number of hydrogen-bond donors (Lipinski definition) is 0. The maximum atomic E-state index is 9.23. The number of pyridine rings is 1. The molecule has 1 fully saturated rings. The van der Waals surface area contributed by atoms with E-state index in [0.717, 1.165) is 32.0 Å². The summed E-state index contributed by atoms with van der Waals surface area (Å²) < 4.78 is 9.54. The predicted octanol–water partition coefficient (Wildman–Crippen LogP) is 1.11. The standard InChI is InChI=1S/C16H21N7OS/c1-24-10-9-22-12-19-23(16(22)25)13-20-5-7-21(8-6-20)15-14(11-17)3-2-4-18-15/h2-4,12H,5-10,13H2,1H3. The minimum atomic E-state index is 0.615. The molecule has 9 heteroatoms. The first-order valence-corrected chi connectivity index (χ1v) is 8.57. The molecule has 0 aliphatic carbocycles. The third kappa shape index (κ3) is 4.04. The molecule has 3 rings (SSSR count). The molecule has 2 aromatic heterocycles. The van der Waals surface area contributed by atoms with Crippen molar-refractivity contribution in [2.24, 2.45) is 0 Å². The molecule has 1 saturated heterocycles. The molecule has 0 atom stereocenters. The second-order valence-electron chi connectivity index (χ2n) is 5.83. The number of methoxy groups -OCH3 is 1. The lowest BCUT2D eigenvalue weighted by atomic mass is 10.2. The van der Waals surface area contributed by atoms with E-state index >= 15 is 0 Å². The Morgan fingerprint density at radius 2 is 2.12 bits per heavy atom. The van der Waals surface area contributed by atoms with E-state index in [0.29, 0.717) is 30.2 Å². The van der Waals surface area contributed by atoms with Crippen LogP contribution in [-0.2, 0) is 18.0 Å². The summed E-state index contributed by atoms with van der Waals surface area (Å²) in [5.74, 6) is 0.769. The highest BCUT2D eigenvalue weighted by Gasteiger charge is 2.20. The van der Waals surface area contributed by atoms with Crippen LogP contribution in [0.15, 0.2) is 24.7 Å². The summed E-state index contributed by atoms with van der Waals surface area (Å²) >= 11 is 5.46. The molecule has 0 N–H and O–H groups in total. The molecule has 0 amide bonds. The molecule has 0 unspecified atom stereocenters. The van der Waals surface area contributed by atoms with Crippen molar-refractivity contribution in [1.82, 2.24) is 24.2 Å². The van der Waals surface area contributed by atoms with Crippen LogP contribution in [0, 0.1) is 16.1 Å². The Kier molecular flexibility index (Phi) is 5.75. The summed E-state index contributed by atoms with van der Waals surface area (Å²) in [5, 5.41) is 13.6. The largest absolute Gasteiger partial charge is 0.383 e. The number of nitrogens with zero attached hydrogens (tertiary/aromatic N) is 7. The Labute approximate surface area is 151 Å². The van der Waals surface area contributed by atoms with Gasteiger partial charge in [-0.15, -0.1) is 0 Å². The van der Waals surface area contributed by atoms with Crippen LogP contribution in [0.4, 0.5) is 5.82 Å². The minimum Gasteiger partial charge on any atom is -0.383 e. The average Bonchev–Trinajstić information content (AvgIpc) is 3.00. The second-order valence-corrected chi connectivity index (χ2v) is 6.20. The highest BCUT2D eigenvalue weighted by Crippen LogP contribution is 2.18. The SMILES string of the molecule is COCCn1cnn(CN2CCN(c3ncccc3C#N)CC2)c1=S. The Morgan fingerprint density at radius 1 is 1.32 bits per heavy atom. The molecular weight excluding hydrogens is 338 g/mol. The second kappa shape index (κ2) is 8.20. The molecular formula is C16H21N7OS. The van der Waals surface area contributed by atoms with Crippen LogP contribution in [0.5, 0.6) is 0 Å². The lowest BCUT2D eigenvalue weighted by Gasteiger charge is -2.35. The van der Waals surface area contributed by atoms with E-state index in [1.807, 2.05) is 9.25 Å². The Morgan fingerprint density at radius 3 is 2.84 bits per heavy atom. The van der Waals surface area contributed by atoms with Crippen LogP contribution < -0.4 is 4.90 Å². The van der Waals surface area contributed by atoms with E-state index in [1.54, 1.807) is 31.8 Å². The number of piperazine rings is 1. The summed E-state index contributed by atoms with van der Waals surface area (Å²) in [6.45, 7) is 5.37. The van der Waals surface area contributed by atoms with Gasteiger partial charge in [0.15, 0.2) is 4.77 Å². The van der Waals surface area contributed by atoms with Gasteiger partial charge in [0.1, 0.15) is 18.2 Å². The lowest BCUT2D eigenvalue weighted by molar-refractivity contribution is 0.183. The van der Waals surface area contributed by atoms with Gasteiger partial charge >= 0.3 is 0 Å². The van der Waals surface area contributed by atoms with Crippen molar-refractivity contribution in [1.29, 1.82) is 5.26 Å². The number of aromatic nitrogens is 4. The first-order chi connectivity index (χ1) is 12.2. The van der Waals surface area contributed by atoms with Crippen LogP contribution in [0.2, 0.25) is 0 Å². The molecule has 132 valence electrons. The van der Waals surface area contributed by atoms with Crippen LogP contribution >= 0.6 is 12.2 Å². The maximum Gasteiger partial charge on any atom is 0.198 e. The van der Waals surface area contributed by atoms with Crippen molar-refractivity contribution in [3.8, 4) is 6.07 Å². The van der Waals surface area contributed by atoms with Crippen LogP contribution in [0.25, 0.3) is 0 Å². The number of hydrogen-bond acceptors (Lipinski definition) is 7. The van der Waals surface area contributed by atoms with E-state index in [-0.39, 0.29) is 0 Å². The molecule has 25 heavy (non-hydrogen) atoms. The number of nitriles is 1. The van der Waals surface area contributed by atoms with Crippen LogP contribution in [0.3, 0.4) is 0 Å². The van der Waals surface area contributed by atoms with Crippen molar-refractivity contribution in [3.63, 3.8) is 0 Å².